The molecule has 0 aliphatic heterocycles. The van der Waals surface area contributed by atoms with Crippen LogP contribution in [0.4, 0.5) is 0 Å². The number of hydrogen-bond donors (Lipinski definition) is 0. The minimum absolute atomic E-state index is 0.0423. The Morgan fingerprint density at radius 1 is 0.552 bits per heavy atom. The molecule has 8 nitrogen and oxygen atoms in total. The average molecular weight is 834 g/mol. The van der Waals surface area contributed by atoms with E-state index in [1.54, 1.807) is 13.8 Å². The van der Waals surface area contributed by atoms with Crippen LogP contribution in [-0.2, 0) is 38.2 Å². The molecule has 10 rings (SSSR count). The summed E-state index contributed by atoms with van der Waals surface area (Å²) >= 11 is 13.6. The minimum Gasteiger partial charge on any atom is -0.451 e. The summed E-state index contributed by atoms with van der Waals surface area (Å²) in [6.45, 7) is 14.8. The summed E-state index contributed by atoms with van der Waals surface area (Å²) in [7, 11) is 0. The Kier molecular flexibility index (Phi) is 8.98. The molecule has 0 radical (unpaired) electrons. The minimum atomic E-state index is -1.03. The van der Waals surface area contributed by atoms with Crippen molar-refractivity contribution >= 4 is 58.3 Å². The van der Waals surface area contributed by atoms with Crippen LogP contribution in [0.2, 0.25) is 0 Å². The zero-order chi connectivity index (χ0) is 41.9. The fourth-order valence-corrected chi connectivity index (χ4v) is 16.9. The van der Waals surface area contributed by atoms with Crippen LogP contribution < -0.4 is 0 Å². The van der Waals surface area contributed by atoms with Crippen LogP contribution in [0.5, 0.6) is 0 Å². The molecule has 10 aliphatic rings. The van der Waals surface area contributed by atoms with Gasteiger partial charge >= 0.3 is 11.9 Å². The largest absolute Gasteiger partial charge is 0.451 e. The number of hydrogen-bond acceptors (Lipinski definition) is 8. The molecular formula is C48H58Cl2O8. The highest BCUT2D eigenvalue weighted by Crippen LogP contribution is 2.74. The molecule has 10 heteroatoms. The normalized spacial score (nSPS) is 49.7. The molecule has 16 atom stereocenters. The number of allylic oxidation sites excluding steroid dienone is 8. The third kappa shape index (κ3) is 5.05. The van der Waals surface area contributed by atoms with E-state index in [2.05, 4.69) is 39.8 Å². The first-order chi connectivity index (χ1) is 27.1. The van der Waals surface area contributed by atoms with E-state index in [-0.39, 0.29) is 92.2 Å². The highest BCUT2D eigenvalue weighted by Gasteiger charge is 2.72. The quantitative estimate of drug-likeness (QED) is 0.257. The maximum Gasteiger partial charge on any atom is 0.303 e. The molecule has 6 fully saturated rings. The number of carbonyl (C=O) groups excluding carboxylic acids is 6. The number of ketones is 4. The first-order valence-corrected chi connectivity index (χ1v) is 22.6. The van der Waals surface area contributed by atoms with Crippen LogP contribution >= 0.6 is 23.2 Å². The molecule has 0 spiro atoms. The van der Waals surface area contributed by atoms with E-state index in [1.807, 2.05) is 12.2 Å². The van der Waals surface area contributed by atoms with Crippen molar-refractivity contribution in [3.8, 4) is 0 Å². The van der Waals surface area contributed by atoms with E-state index in [0.29, 0.717) is 46.6 Å². The van der Waals surface area contributed by atoms with Gasteiger partial charge in [0.2, 0.25) is 0 Å². The van der Waals surface area contributed by atoms with Gasteiger partial charge in [0.05, 0.1) is 0 Å². The van der Waals surface area contributed by atoms with Crippen LogP contribution in [0.1, 0.15) is 120 Å². The summed E-state index contributed by atoms with van der Waals surface area (Å²) in [4.78, 5) is 74.3. The van der Waals surface area contributed by atoms with Gasteiger partial charge in [-0.1, -0.05) is 63.0 Å². The average Bonchev–Trinajstić information content (AvgIpc) is 4.06. The molecule has 0 saturated heterocycles. The number of carbonyl (C=O) groups is 6. The van der Waals surface area contributed by atoms with Gasteiger partial charge < -0.3 is 9.47 Å². The molecule has 0 heterocycles. The van der Waals surface area contributed by atoms with Gasteiger partial charge in [-0.3, -0.25) is 28.8 Å². The van der Waals surface area contributed by atoms with Gasteiger partial charge in [-0.2, -0.15) is 0 Å². The third-order valence-corrected chi connectivity index (χ3v) is 19.7. The molecular weight excluding hydrogens is 775 g/mol. The van der Waals surface area contributed by atoms with Gasteiger partial charge in [-0.25, -0.2) is 0 Å². The number of fused-ring (bicyclic) bond motifs is 14. The zero-order valence-corrected chi connectivity index (χ0v) is 36.7. The lowest BCUT2D eigenvalue weighted by Crippen LogP contribution is -2.58. The first-order valence-electron chi connectivity index (χ1n) is 21.8. The van der Waals surface area contributed by atoms with Gasteiger partial charge in [0, 0.05) is 57.4 Å². The molecule has 0 aromatic carbocycles. The molecule has 10 aliphatic carbocycles. The Morgan fingerprint density at radius 3 is 1.22 bits per heavy atom. The molecule has 0 amide bonds. The molecule has 6 saturated carbocycles. The summed E-state index contributed by atoms with van der Waals surface area (Å²) in [5.74, 6) is 2.54. The van der Waals surface area contributed by atoms with Crippen LogP contribution in [0, 0.1) is 80.8 Å². The van der Waals surface area contributed by atoms with Crippen molar-refractivity contribution in [2.45, 2.75) is 131 Å². The van der Waals surface area contributed by atoms with Crippen molar-refractivity contribution in [2.75, 3.05) is 0 Å². The molecule has 58 heavy (non-hydrogen) atoms. The summed E-state index contributed by atoms with van der Waals surface area (Å²) in [6, 6.07) is 0. The summed E-state index contributed by atoms with van der Waals surface area (Å²) < 4.78 is 11.6. The topological polar surface area (TPSA) is 121 Å². The van der Waals surface area contributed by atoms with E-state index >= 15 is 0 Å². The monoisotopic (exact) mass is 832 g/mol. The molecule has 0 unspecified atom stereocenters. The molecule has 0 aromatic heterocycles. The van der Waals surface area contributed by atoms with Crippen LogP contribution in [0.15, 0.2) is 45.5 Å². The standard InChI is InChI=1S/2C24H29ClO4/c2*1-12(26)24(29-13(2)27)8-6-16-14-10-20(25)19-11-21(28)15-9-18(15)23(19,4)17(14)5-7-22(16,24)3/h2*10-11,14-18H,5-9H2,1-4H3/t2*14-,15+,16-,17-,18-,22-,23-,24-/m00/s1. The van der Waals surface area contributed by atoms with Crippen molar-refractivity contribution in [1.82, 2.24) is 0 Å². The lowest BCUT2D eigenvalue weighted by molar-refractivity contribution is -0.185. The maximum atomic E-state index is 12.8. The Morgan fingerprint density at radius 2 is 0.897 bits per heavy atom. The van der Waals surface area contributed by atoms with E-state index < -0.39 is 11.2 Å². The third-order valence-electron chi connectivity index (χ3n) is 19.0. The van der Waals surface area contributed by atoms with Crippen molar-refractivity contribution in [2.24, 2.45) is 80.8 Å². The second kappa shape index (κ2) is 12.8. The molecule has 0 N–H and O–H groups in total. The summed E-state index contributed by atoms with van der Waals surface area (Å²) in [5, 5.41) is 1.43. The molecule has 0 aromatic rings. The Bertz CT molecular complexity index is 1950. The van der Waals surface area contributed by atoms with Crippen molar-refractivity contribution in [1.29, 1.82) is 0 Å². The van der Waals surface area contributed by atoms with E-state index in [0.717, 1.165) is 62.5 Å². The SMILES string of the molecule is CC(=O)O[C@]1(C(C)=O)CC[C@H]2[C@@H]3C=C(Cl)C4=CC(=O)[C@@H]5C[C@@H]5[C@]4(C)[C@H]3CC[C@@]21C.CC(=O)O[C@]1(C(C)=O)CC[C@H]2[C@@H]3C=C(Cl)C4=CC(=O)[C@@H]5C[C@@H]5[C@]4(C)[C@H]3CC[C@@]21C. The summed E-state index contributed by atoms with van der Waals surface area (Å²) in [5.41, 5.74) is -0.910. The lowest BCUT2D eigenvalue weighted by Gasteiger charge is -2.57. The first kappa shape index (κ1) is 40.6. The molecule has 0 bridgehead atoms. The zero-order valence-electron chi connectivity index (χ0n) is 35.2. The predicted molar refractivity (Wildman–Crippen MR) is 218 cm³/mol. The Labute approximate surface area is 352 Å². The number of ether oxygens (including phenoxy) is 2. The number of esters is 2. The fraction of sp³-hybridized carbons (Fsp3) is 0.708. The fourth-order valence-electron chi connectivity index (χ4n) is 16.1. The van der Waals surface area contributed by atoms with Gasteiger partial charge in [0.15, 0.2) is 34.3 Å². The number of halogens is 2. The Balaban J connectivity index is 0.000000150. The molecule has 312 valence electrons. The number of Topliss-reactive ketones (excluding diaryl/α,β-unsaturated/α-hetero) is 2. The van der Waals surface area contributed by atoms with Crippen LogP contribution in [0.3, 0.4) is 0 Å². The van der Waals surface area contributed by atoms with Gasteiger partial charge in [0.1, 0.15) is 0 Å². The maximum absolute atomic E-state index is 12.8. The van der Waals surface area contributed by atoms with Crippen LogP contribution in [-0.4, -0.2) is 46.3 Å². The van der Waals surface area contributed by atoms with E-state index in [9.17, 15) is 28.8 Å². The van der Waals surface area contributed by atoms with Crippen LogP contribution in [0.25, 0.3) is 0 Å². The predicted octanol–water partition coefficient (Wildman–Crippen LogP) is 9.22. The smallest absolute Gasteiger partial charge is 0.303 e. The summed E-state index contributed by atoms with van der Waals surface area (Å²) in [6.07, 6.45) is 16.4. The second-order valence-corrected chi connectivity index (χ2v) is 21.8. The highest BCUT2D eigenvalue weighted by atomic mass is 35.5. The van der Waals surface area contributed by atoms with Crippen molar-refractivity contribution in [3.63, 3.8) is 0 Å². The van der Waals surface area contributed by atoms with Gasteiger partial charge in [-0.15, -0.1) is 0 Å². The van der Waals surface area contributed by atoms with Gasteiger partial charge in [-0.05, 0) is 149 Å². The van der Waals surface area contributed by atoms with Gasteiger partial charge in [0.25, 0.3) is 0 Å². The highest BCUT2D eigenvalue weighted by molar-refractivity contribution is 6.33. The van der Waals surface area contributed by atoms with Crippen molar-refractivity contribution in [3.05, 3.63) is 45.5 Å². The second-order valence-electron chi connectivity index (χ2n) is 20.9. The van der Waals surface area contributed by atoms with E-state index in [4.69, 9.17) is 32.7 Å². The number of rotatable bonds is 4. The van der Waals surface area contributed by atoms with Crippen molar-refractivity contribution < 1.29 is 38.2 Å². The lowest BCUT2D eigenvalue weighted by atomic mass is 9.47. The Hall–Kier alpha value is -2.84. The van der Waals surface area contributed by atoms with E-state index in [1.165, 1.54) is 13.8 Å².